The van der Waals surface area contributed by atoms with Gasteiger partial charge in [-0.1, -0.05) is 60.3 Å². The molecule has 2 unspecified atom stereocenters. The lowest BCUT2D eigenvalue weighted by atomic mass is 9.76. The van der Waals surface area contributed by atoms with Gasteiger partial charge in [0.25, 0.3) is 5.91 Å². The Balaban J connectivity index is 0.00000169. The van der Waals surface area contributed by atoms with Gasteiger partial charge in [0.2, 0.25) is 17.6 Å². The second kappa shape index (κ2) is 14.5. The van der Waals surface area contributed by atoms with E-state index in [0.29, 0.717) is 29.7 Å². The molecule has 0 radical (unpaired) electrons. The Bertz CT molecular complexity index is 1210. The van der Waals surface area contributed by atoms with E-state index in [9.17, 15) is 24.0 Å². The van der Waals surface area contributed by atoms with Crippen LogP contribution in [0.25, 0.3) is 0 Å². The number of nitrogens with two attached hydrogens (primary N) is 1. The molecule has 246 valence electrons. The molecule has 5 atom stereocenters. The fourth-order valence-electron chi connectivity index (χ4n) is 6.10. The van der Waals surface area contributed by atoms with Crippen molar-refractivity contribution in [1.29, 1.82) is 0 Å². The minimum Gasteiger partial charge on any atom is -0.363 e. The number of fused-ring (bicyclic) bond motifs is 1. The van der Waals surface area contributed by atoms with Crippen LogP contribution in [0, 0.1) is 29.1 Å². The number of likely N-dealkylation sites (tertiary alicyclic amines) is 1. The first-order valence-corrected chi connectivity index (χ1v) is 17.0. The third kappa shape index (κ3) is 9.59. The van der Waals surface area contributed by atoms with Crippen LogP contribution in [0.5, 0.6) is 0 Å². The van der Waals surface area contributed by atoms with Crippen LogP contribution in [-0.2, 0) is 30.4 Å². The first-order chi connectivity index (χ1) is 20.4. The lowest BCUT2D eigenvalue weighted by molar-refractivity contribution is -0.143. The Kier molecular flexibility index (Phi) is 11.8. The highest BCUT2D eigenvalue weighted by Crippen LogP contribution is 2.51. The number of hydrogen-bond donors (Lipinski definition) is 3. The molecule has 1 saturated heterocycles. The SMILES string of the molecule is CC(C)(C)NC(=O)Cc1csc(N[C@H](C(=O)N2C[C@@H]3CC3[C@H]2C(=O)CC(CC2CCC2)C(=O)C(N)=O)C(C)(C)C)n1.CCC. The van der Waals surface area contributed by atoms with Gasteiger partial charge in [-0.15, -0.1) is 11.3 Å². The smallest absolute Gasteiger partial charge is 0.285 e. The number of nitrogens with zero attached hydrogens (tertiary/aromatic N) is 2. The number of aromatic nitrogens is 1. The van der Waals surface area contributed by atoms with Gasteiger partial charge < -0.3 is 21.3 Å². The monoisotopic (exact) mass is 631 g/mol. The zero-order valence-corrected chi connectivity index (χ0v) is 28.6. The molecule has 1 aromatic heterocycles. The van der Waals surface area contributed by atoms with Crippen LogP contribution in [0.15, 0.2) is 5.38 Å². The number of nitrogens with one attached hydrogen (secondary N) is 2. The Morgan fingerprint density at radius 2 is 1.73 bits per heavy atom. The van der Waals surface area contributed by atoms with E-state index in [-0.39, 0.29) is 47.8 Å². The largest absolute Gasteiger partial charge is 0.363 e. The van der Waals surface area contributed by atoms with Crippen molar-refractivity contribution in [2.45, 2.75) is 124 Å². The molecule has 1 aromatic rings. The van der Waals surface area contributed by atoms with Crippen LogP contribution in [0.3, 0.4) is 0 Å². The molecule has 2 aliphatic carbocycles. The Hall–Kier alpha value is -2.82. The molecule has 0 spiro atoms. The molecule has 1 aliphatic heterocycles. The fourth-order valence-corrected chi connectivity index (χ4v) is 6.84. The van der Waals surface area contributed by atoms with Gasteiger partial charge >= 0.3 is 0 Å². The number of carbonyl (C=O) groups is 5. The lowest BCUT2D eigenvalue weighted by Crippen LogP contribution is -2.54. The van der Waals surface area contributed by atoms with E-state index in [0.717, 1.165) is 25.7 Å². The Morgan fingerprint density at radius 3 is 2.25 bits per heavy atom. The van der Waals surface area contributed by atoms with E-state index in [2.05, 4.69) is 29.5 Å². The van der Waals surface area contributed by atoms with E-state index >= 15 is 0 Å². The van der Waals surface area contributed by atoms with E-state index in [4.69, 9.17) is 5.73 Å². The summed E-state index contributed by atoms with van der Waals surface area (Å²) in [5.74, 6) is -2.16. The second-order valence-electron chi connectivity index (χ2n) is 15.0. The van der Waals surface area contributed by atoms with E-state index in [1.54, 1.807) is 4.90 Å². The molecular formula is C33H53N5O5S. The van der Waals surface area contributed by atoms with Crippen LogP contribution < -0.4 is 16.4 Å². The molecule has 11 heteroatoms. The number of hydrogen-bond acceptors (Lipinski definition) is 8. The lowest BCUT2D eigenvalue weighted by Gasteiger charge is -2.37. The van der Waals surface area contributed by atoms with Gasteiger partial charge in [-0.25, -0.2) is 4.98 Å². The topological polar surface area (TPSA) is 152 Å². The molecule has 2 saturated carbocycles. The van der Waals surface area contributed by atoms with Crippen molar-refractivity contribution in [2.24, 2.45) is 34.8 Å². The van der Waals surface area contributed by atoms with Crippen LogP contribution in [-0.4, -0.2) is 63.3 Å². The summed E-state index contributed by atoms with van der Waals surface area (Å²) in [4.78, 5) is 70.7. The minimum absolute atomic E-state index is 0.0595. The summed E-state index contributed by atoms with van der Waals surface area (Å²) in [6, 6.07) is -1.26. The maximum absolute atomic E-state index is 14.1. The average Bonchev–Trinajstić information content (AvgIpc) is 3.30. The first kappa shape index (κ1) is 35.7. The molecule has 2 heterocycles. The maximum Gasteiger partial charge on any atom is 0.285 e. The minimum atomic E-state index is -0.999. The van der Waals surface area contributed by atoms with Crippen molar-refractivity contribution in [3.8, 4) is 0 Å². The molecular weight excluding hydrogens is 578 g/mol. The van der Waals surface area contributed by atoms with Gasteiger partial charge in [0.05, 0.1) is 18.2 Å². The highest BCUT2D eigenvalue weighted by molar-refractivity contribution is 7.13. The van der Waals surface area contributed by atoms with Crippen LogP contribution in [0.1, 0.15) is 106 Å². The third-order valence-corrected chi connectivity index (χ3v) is 9.28. The number of rotatable bonds is 12. The zero-order chi connectivity index (χ0) is 33.0. The van der Waals surface area contributed by atoms with Gasteiger partial charge in [0, 0.05) is 29.8 Å². The quantitative estimate of drug-likeness (QED) is 0.287. The molecule has 44 heavy (non-hydrogen) atoms. The maximum atomic E-state index is 14.1. The number of piperidine rings is 1. The summed E-state index contributed by atoms with van der Waals surface area (Å²) in [7, 11) is 0. The number of ketones is 2. The molecule has 3 aliphatic rings. The Morgan fingerprint density at radius 1 is 1.09 bits per heavy atom. The van der Waals surface area contributed by atoms with Crippen LogP contribution in [0.4, 0.5) is 5.13 Å². The van der Waals surface area contributed by atoms with E-state index in [1.807, 2.05) is 46.9 Å². The van der Waals surface area contributed by atoms with Crippen molar-refractivity contribution in [1.82, 2.24) is 15.2 Å². The van der Waals surface area contributed by atoms with Crippen molar-refractivity contribution in [2.75, 3.05) is 11.9 Å². The predicted octanol–water partition coefficient (Wildman–Crippen LogP) is 4.51. The number of Topliss-reactive ketones (excluding diaryl/α,β-unsaturated/α-hetero) is 2. The van der Waals surface area contributed by atoms with Crippen molar-refractivity contribution < 1.29 is 24.0 Å². The van der Waals surface area contributed by atoms with Gasteiger partial charge in [0.1, 0.15) is 6.04 Å². The normalized spacial score (nSPS) is 22.5. The number of carbonyl (C=O) groups excluding carboxylic acids is 5. The van der Waals surface area contributed by atoms with E-state index < -0.39 is 35.1 Å². The van der Waals surface area contributed by atoms with Gasteiger partial charge in [-0.05, 0) is 56.8 Å². The molecule has 10 nitrogen and oxygen atoms in total. The molecule has 3 fully saturated rings. The number of primary amides is 1. The van der Waals surface area contributed by atoms with Gasteiger partial charge in [-0.2, -0.15) is 0 Å². The van der Waals surface area contributed by atoms with Crippen molar-refractivity contribution in [3.05, 3.63) is 11.1 Å². The molecule has 4 rings (SSSR count). The van der Waals surface area contributed by atoms with E-state index in [1.165, 1.54) is 17.8 Å². The fraction of sp³-hybridized carbons (Fsp3) is 0.758. The Labute approximate surface area is 266 Å². The van der Waals surface area contributed by atoms with Crippen molar-refractivity contribution in [3.63, 3.8) is 0 Å². The van der Waals surface area contributed by atoms with Crippen LogP contribution in [0.2, 0.25) is 0 Å². The third-order valence-electron chi connectivity index (χ3n) is 8.46. The summed E-state index contributed by atoms with van der Waals surface area (Å²) in [5.41, 5.74) is 5.11. The zero-order valence-electron chi connectivity index (χ0n) is 27.8. The second-order valence-corrected chi connectivity index (χ2v) is 15.9. The van der Waals surface area contributed by atoms with Crippen LogP contribution >= 0.6 is 11.3 Å². The van der Waals surface area contributed by atoms with Gasteiger partial charge in [-0.3, -0.25) is 24.0 Å². The summed E-state index contributed by atoms with van der Waals surface area (Å²) in [6.07, 6.45) is 5.79. The number of anilines is 1. The highest BCUT2D eigenvalue weighted by atomic mass is 32.1. The number of amides is 3. The molecule has 4 N–H and O–H groups in total. The van der Waals surface area contributed by atoms with Crippen molar-refractivity contribution >= 4 is 45.8 Å². The standard InChI is InChI=1S/C30H45N5O5S.C3H8/c1-29(2,3)25(33-28-32-19(15-41-28)13-22(37)34-30(4,5)6)27(40)35-14-18-11-20(18)23(35)21(36)12-17(24(38)26(31)39)10-16-8-7-9-16;1-3-2/h15-18,20,23,25H,7-14H2,1-6H3,(H2,31,39)(H,32,33)(H,34,37);3H2,1-2H3/t17?,18-,20?,23-,25+;/m0./s1. The summed E-state index contributed by atoms with van der Waals surface area (Å²) in [6.45, 7) is 16.4. The summed E-state index contributed by atoms with van der Waals surface area (Å²) < 4.78 is 0. The first-order valence-electron chi connectivity index (χ1n) is 16.1. The predicted molar refractivity (Wildman–Crippen MR) is 173 cm³/mol. The molecule has 3 amide bonds. The number of thiazole rings is 1. The summed E-state index contributed by atoms with van der Waals surface area (Å²) in [5, 5.41) is 8.58. The summed E-state index contributed by atoms with van der Waals surface area (Å²) >= 11 is 1.34. The van der Waals surface area contributed by atoms with Gasteiger partial charge in [0.15, 0.2) is 10.9 Å². The average molecular weight is 632 g/mol. The highest BCUT2D eigenvalue weighted by Gasteiger charge is 2.58. The molecule has 0 bridgehead atoms. The molecule has 0 aromatic carbocycles.